The molecule has 0 aromatic heterocycles. The van der Waals surface area contributed by atoms with E-state index in [1.165, 1.54) is 5.56 Å². The Morgan fingerprint density at radius 3 is 2.11 bits per heavy atom. The Morgan fingerprint density at radius 2 is 1.61 bits per heavy atom. The number of carbonyl (C=O) groups excluding carboxylic acids is 1. The van der Waals surface area contributed by atoms with Gasteiger partial charge in [-0.25, -0.2) is 14.4 Å². The standard InChI is InChI=1S/C15H22N2O3.C4H4O4/c1-3-20-15(18)17-10-8-16(9-11-17)12-13-6-4-5-7-14(13)19-2;5-3(6)1-2-4(7)8/h4-7H,3,8-12H2,1-2H3;1-2H,(H,5,6)(H,7,8)/b;2-1+. The normalized spacial score (nSPS) is 14.1. The molecule has 0 saturated carbocycles. The smallest absolute Gasteiger partial charge is 0.409 e. The predicted molar refractivity (Wildman–Crippen MR) is 101 cm³/mol. The summed E-state index contributed by atoms with van der Waals surface area (Å²) >= 11 is 0. The molecule has 2 rings (SSSR count). The lowest BCUT2D eigenvalue weighted by Crippen LogP contribution is -2.48. The number of benzene rings is 1. The topological polar surface area (TPSA) is 117 Å². The fourth-order valence-electron chi connectivity index (χ4n) is 2.52. The van der Waals surface area contributed by atoms with Crippen molar-refractivity contribution in [1.29, 1.82) is 0 Å². The van der Waals surface area contributed by atoms with E-state index in [-0.39, 0.29) is 6.09 Å². The van der Waals surface area contributed by atoms with Crippen molar-refractivity contribution in [2.45, 2.75) is 13.5 Å². The highest BCUT2D eigenvalue weighted by Crippen LogP contribution is 2.20. The largest absolute Gasteiger partial charge is 0.496 e. The van der Waals surface area contributed by atoms with Gasteiger partial charge in [0, 0.05) is 50.4 Å². The molecule has 154 valence electrons. The first-order valence-electron chi connectivity index (χ1n) is 8.77. The van der Waals surface area contributed by atoms with Crippen molar-refractivity contribution in [3.63, 3.8) is 0 Å². The molecule has 0 unspecified atom stereocenters. The van der Waals surface area contributed by atoms with Gasteiger partial charge in [0.25, 0.3) is 0 Å². The fraction of sp³-hybridized carbons (Fsp3) is 0.421. The molecular formula is C19H26N2O7. The van der Waals surface area contributed by atoms with Gasteiger partial charge in [-0.3, -0.25) is 4.90 Å². The molecule has 1 aromatic rings. The quantitative estimate of drug-likeness (QED) is 0.700. The molecule has 9 heteroatoms. The van der Waals surface area contributed by atoms with E-state index in [4.69, 9.17) is 19.7 Å². The number of hydrogen-bond acceptors (Lipinski definition) is 6. The summed E-state index contributed by atoms with van der Waals surface area (Å²) in [7, 11) is 1.69. The molecule has 0 atom stereocenters. The second kappa shape index (κ2) is 12.3. The number of amides is 1. The number of aliphatic carboxylic acids is 2. The van der Waals surface area contributed by atoms with Gasteiger partial charge >= 0.3 is 18.0 Å². The van der Waals surface area contributed by atoms with Crippen molar-refractivity contribution in [3.8, 4) is 5.75 Å². The minimum atomic E-state index is -1.26. The number of para-hydroxylation sites is 1. The van der Waals surface area contributed by atoms with Crippen molar-refractivity contribution in [2.75, 3.05) is 39.9 Å². The number of carbonyl (C=O) groups is 3. The molecule has 1 aromatic carbocycles. The number of nitrogens with zero attached hydrogens (tertiary/aromatic N) is 2. The molecular weight excluding hydrogens is 368 g/mol. The number of ether oxygens (including phenoxy) is 2. The molecule has 0 aliphatic carbocycles. The highest BCUT2D eigenvalue weighted by Gasteiger charge is 2.22. The summed E-state index contributed by atoms with van der Waals surface area (Å²) in [5, 5.41) is 15.6. The second-order valence-electron chi connectivity index (χ2n) is 5.78. The van der Waals surface area contributed by atoms with Gasteiger partial charge in [0.1, 0.15) is 5.75 Å². The van der Waals surface area contributed by atoms with Gasteiger partial charge in [-0.05, 0) is 13.0 Å². The summed E-state index contributed by atoms with van der Waals surface area (Å²) in [6.07, 6.45) is 0.912. The lowest BCUT2D eigenvalue weighted by molar-refractivity contribution is -0.134. The first kappa shape index (κ1) is 23.0. The number of carboxylic acid groups (broad SMARTS) is 2. The van der Waals surface area contributed by atoms with Crippen molar-refractivity contribution in [2.24, 2.45) is 0 Å². The maximum atomic E-state index is 11.6. The monoisotopic (exact) mass is 394 g/mol. The third-order valence-electron chi connectivity index (χ3n) is 3.85. The van der Waals surface area contributed by atoms with E-state index in [1.54, 1.807) is 12.0 Å². The number of methoxy groups -OCH3 is 1. The Kier molecular flexibility index (Phi) is 10.1. The maximum absolute atomic E-state index is 11.6. The van der Waals surface area contributed by atoms with Crippen LogP contribution in [0, 0.1) is 0 Å². The van der Waals surface area contributed by atoms with E-state index >= 15 is 0 Å². The minimum Gasteiger partial charge on any atom is -0.496 e. The van der Waals surface area contributed by atoms with E-state index in [0.717, 1.165) is 25.4 Å². The van der Waals surface area contributed by atoms with Crippen LogP contribution in [0.15, 0.2) is 36.4 Å². The zero-order valence-corrected chi connectivity index (χ0v) is 16.0. The molecule has 1 aliphatic rings. The molecule has 1 fully saturated rings. The van der Waals surface area contributed by atoms with Gasteiger partial charge in [-0.1, -0.05) is 18.2 Å². The van der Waals surface area contributed by atoms with Crippen molar-refractivity contribution < 1.29 is 34.1 Å². The Balaban J connectivity index is 0.000000416. The highest BCUT2D eigenvalue weighted by atomic mass is 16.6. The molecule has 1 saturated heterocycles. The van der Waals surface area contributed by atoms with E-state index in [0.29, 0.717) is 31.8 Å². The molecule has 1 heterocycles. The van der Waals surface area contributed by atoms with Crippen LogP contribution in [0.1, 0.15) is 12.5 Å². The minimum absolute atomic E-state index is 0.204. The summed E-state index contributed by atoms with van der Waals surface area (Å²) in [6, 6.07) is 8.05. The Bertz CT molecular complexity index is 667. The molecule has 0 spiro atoms. The first-order chi connectivity index (χ1) is 13.4. The first-order valence-corrected chi connectivity index (χ1v) is 8.77. The van der Waals surface area contributed by atoms with Crippen molar-refractivity contribution in [1.82, 2.24) is 9.80 Å². The number of hydrogen-bond donors (Lipinski definition) is 2. The van der Waals surface area contributed by atoms with Crippen LogP contribution >= 0.6 is 0 Å². The average molecular weight is 394 g/mol. The van der Waals surface area contributed by atoms with Gasteiger partial charge in [-0.2, -0.15) is 0 Å². The van der Waals surface area contributed by atoms with E-state index in [2.05, 4.69) is 11.0 Å². The van der Waals surface area contributed by atoms with E-state index in [1.807, 2.05) is 25.1 Å². The molecule has 1 amide bonds. The number of piperazine rings is 1. The van der Waals surface area contributed by atoms with E-state index < -0.39 is 11.9 Å². The average Bonchev–Trinajstić information content (AvgIpc) is 2.68. The number of rotatable bonds is 6. The van der Waals surface area contributed by atoms with Gasteiger partial charge < -0.3 is 24.6 Å². The summed E-state index contributed by atoms with van der Waals surface area (Å²) < 4.78 is 10.4. The third-order valence-corrected chi connectivity index (χ3v) is 3.85. The zero-order valence-electron chi connectivity index (χ0n) is 16.0. The van der Waals surface area contributed by atoms with Gasteiger partial charge in [0.2, 0.25) is 0 Å². The van der Waals surface area contributed by atoms with Crippen LogP contribution in [0.4, 0.5) is 4.79 Å². The van der Waals surface area contributed by atoms with Gasteiger partial charge in [0.15, 0.2) is 0 Å². The van der Waals surface area contributed by atoms with Crippen LogP contribution < -0.4 is 4.74 Å². The second-order valence-corrected chi connectivity index (χ2v) is 5.78. The Hall–Kier alpha value is -3.07. The maximum Gasteiger partial charge on any atom is 0.409 e. The van der Waals surface area contributed by atoms with Crippen LogP contribution in [0.3, 0.4) is 0 Å². The molecule has 0 bridgehead atoms. The fourth-order valence-corrected chi connectivity index (χ4v) is 2.52. The van der Waals surface area contributed by atoms with Crippen LogP contribution in [-0.2, 0) is 20.9 Å². The summed E-state index contributed by atoms with van der Waals surface area (Å²) in [5.41, 5.74) is 1.18. The molecule has 9 nitrogen and oxygen atoms in total. The third kappa shape index (κ3) is 8.54. The molecule has 28 heavy (non-hydrogen) atoms. The van der Waals surface area contributed by atoms with Crippen LogP contribution in [0.25, 0.3) is 0 Å². The lowest BCUT2D eigenvalue weighted by atomic mass is 10.1. The summed E-state index contributed by atoms with van der Waals surface area (Å²) in [5.74, 6) is -1.60. The van der Waals surface area contributed by atoms with Gasteiger partial charge in [-0.15, -0.1) is 0 Å². The molecule has 1 aliphatic heterocycles. The Morgan fingerprint density at radius 1 is 1.04 bits per heavy atom. The summed E-state index contributed by atoms with van der Waals surface area (Å²) in [4.78, 5) is 34.8. The zero-order chi connectivity index (χ0) is 20.9. The van der Waals surface area contributed by atoms with Gasteiger partial charge in [0.05, 0.1) is 13.7 Å². The summed E-state index contributed by atoms with van der Waals surface area (Å²) in [6.45, 7) is 6.26. The van der Waals surface area contributed by atoms with Crippen molar-refractivity contribution in [3.05, 3.63) is 42.0 Å². The predicted octanol–water partition coefficient (Wildman–Crippen LogP) is 1.68. The molecule has 2 N–H and O–H groups in total. The highest BCUT2D eigenvalue weighted by molar-refractivity contribution is 5.89. The van der Waals surface area contributed by atoms with Crippen LogP contribution in [-0.4, -0.2) is 77.9 Å². The Labute approximate surface area is 163 Å². The van der Waals surface area contributed by atoms with Crippen molar-refractivity contribution >= 4 is 18.0 Å². The van der Waals surface area contributed by atoms with Crippen LogP contribution in [0.2, 0.25) is 0 Å². The number of carboxylic acids is 2. The molecule has 0 radical (unpaired) electrons. The lowest BCUT2D eigenvalue weighted by Gasteiger charge is -2.34. The van der Waals surface area contributed by atoms with Crippen LogP contribution in [0.5, 0.6) is 5.75 Å². The SMILES string of the molecule is CCOC(=O)N1CCN(Cc2ccccc2OC)CC1.O=C(O)/C=C/C(=O)O. The van der Waals surface area contributed by atoms with E-state index in [9.17, 15) is 14.4 Å².